The Hall–Kier alpha value is -0.290. The molecule has 0 unspecified atom stereocenters. The normalized spacial score (nSPS) is 24.3. The SMILES string of the molecule is CN(C[C@@H]1CO1)CC(F)(F)F. The second-order valence-corrected chi connectivity index (χ2v) is 2.77. The number of epoxide rings is 1. The van der Waals surface area contributed by atoms with Crippen LogP contribution in [0, 0.1) is 0 Å². The van der Waals surface area contributed by atoms with Crippen LogP contribution in [0.1, 0.15) is 0 Å². The van der Waals surface area contributed by atoms with Crippen LogP contribution < -0.4 is 0 Å². The highest BCUT2D eigenvalue weighted by Gasteiger charge is 2.32. The Morgan fingerprint density at radius 2 is 2.09 bits per heavy atom. The fourth-order valence-electron chi connectivity index (χ4n) is 0.892. The van der Waals surface area contributed by atoms with E-state index < -0.39 is 12.7 Å². The molecule has 0 radical (unpaired) electrons. The lowest BCUT2D eigenvalue weighted by Gasteiger charge is -2.16. The van der Waals surface area contributed by atoms with E-state index in [0.29, 0.717) is 13.2 Å². The fraction of sp³-hybridized carbons (Fsp3) is 1.00. The summed E-state index contributed by atoms with van der Waals surface area (Å²) in [5.74, 6) is 0. The van der Waals surface area contributed by atoms with Crippen LogP contribution in [0.5, 0.6) is 0 Å². The van der Waals surface area contributed by atoms with Crippen molar-refractivity contribution in [2.24, 2.45) is 0 Å². The van der Waals surface area contributed by atoms with E-state index in [1.807, 2.05) is 0 Å². The fourth-order valence-corrected chi connectivity index (χ4v) is 0.892. The molecule has 0 bridgehead atoms. The van der Waals surface area contributed by atoms with Crippen LogP contribution in [-0.4, -0.2) is 43.9 Å². The van der Waals surface area contributed by atoms with E-state index in [2.05, 4.69) is 0 Å². The molecule has 0 spiro atoms. The van der Waals surface area contributed by atoms with Gasteiger partial charge in [-0.3, -0.25) is 4.90 Å². The first-order valence-corrected chi connectivity index (χ1v) is 3.34. The summed E-state index contributed by atoms with van der Waals surface area (Å²) >= 11 is 0. The summed E-state index contributed by atoms with van der Waals surface area (Å²) in [5.41, 5.74) is 0. The van der Waals surface area contributed by atoms with E-state index in [4.69, 9.17) is 4.74 Å². The number of nitrogens with zero attached hydrogens (tertiary/aromatic N) is 1. The van der Waals surface area contributed by atoms with E-state index in [1.54, 1.807) is 0 Å². The number of hydrogen-bond donors (Lipinski definition) is 0. The third-order valence-corrected chi connectivity index (χ3v) is 1.37. The van der Waals surface area contributed by atoms with Crippen LogP contribution in [-0.2, 0) is 4.74 Å². The summed E-state index contributed by atoms with van der Waals surface area (Å²) in [5, 5.41) is 0. The molecule has 5 heteroatoms. The highest BCUT2D eigenvalue weighted by molar-refractivity contribution is 4.73. The molecule has 0 aliphatic carbocycles. The van der Waals surface area contributed by atoms with Crippen molar-refractivity contribution in [1.29, 1.82) is 0 Å². The second kappa shape index (κ2) is 2.98. The standard InChI is InChI=1S/C6H10F3NO/c1-10(2-5-3-11-5)4-6(7,8)9/h5H,2-4H2,1H3/t5-/m1/s1. The van der Waals surface area contributed by atoms with Crippen molar-refractivity contribution in [2.75, 3.05) is 26.7 Å². The van der Waals surface area contributed by atoms with Gasteiger partial charge in [0.15, 0.2) is 0 Å². The van der Waals surface area contributed by atoms with Crippen LogP contribution in [0.15, 0.2) is 0 Å². The second-order valence-electron chi connectivity index (χ2n) is 2.77. The van der Waals surface area contributed by atoms with Crippen molar-refractivity contribution in [2.45, 2.75) is 12.3 Å². The number of halogens is 3. The molecule has 1 aliphatic heterocycles. The molecule has 0 aromatic rings. The molecule has 1 aliphatic rings. The van der Waals surface area contributed by atoms with Gasteiger partial charge in [-0.2, -0.15) is 13.2 Å². The van der Waals surface area contributed by atoms with Crippen LogP contribution >= 0.6 is 0 Å². The number of alkyl halides is 3. The minimum Gasteiger partial charge on any atom is -0.372 e. The Labute approximate surface area is 62.9 Å². The molecule has 1 heterocycles. The number of likely N-dealkylation sites (N-methyl/N-ethyl adjacent to an activating group) is 1. The maximum atomic E-state index is 11.7. The lowest BCUT2D eigenvalue weighted by Crippen LogP contribution is -2.33. The summed E-state index contributed by atoms with van der Waals surface area (Å²) in [6, 6.07) is 0. The predicted octanol–water partition coefficient (Wildman–Crippen LogP) is 0.879. The molecule has 1 saturated heterocycles. The lowest BCUT2D eigenvalue weighted by atomic mass is 10.4. The number of rotatable bonds is 3. The van der Waals surface area contributed by atoms with Gasteiger partial charge in [0.1, 0.15) is 0 Å². The molecule has 0 aromatic carbocycles. The number of ether oxygens (including phenoxy) is 1. The van der Waals surface area contributed by atoms with E-state index >= 15 is 0 Å². The van der Waals surface area contributed by atoms with Gasteiger partial charge in [-0.15, -0.1) is 0 Å². The molecule has 0 amide bonds. The Morgan fingerprint density at radius 3 is 2.45 bits per heavy atom. The van der Waals surface area contributed by atoms with Gasteiger partial charge in [0.05, 0.1) is 19.3 Å². The smallest absolute Gasteiger partial charge is 0.372 e. The monoisotopic (exact) mass is 169 g/mol. The first kappa shape index (κ1) is 8.80. The average Bonchev–Trinajstić information content (AvgIpc) is 2.42. The van der Waals surface area contributed by atoms with Gasteiger partial charge in [0.25, 0.3) is 0 Å². The van der Waals surface area contributed by atoms with Crippen LogP contribution in [0.4, 0.5) is 13.2 Å². The maximum Gasteiger partial charge on any atom is 0.401 e. The third kappa shape index (κ3) is 4.21. The first-order valence-electron chi connectivity index (χ1n) is 3.34. The highest BCUT2D eigenvalue weighted by Crippen LogP contribution is 2.17. The minimum absolute atomic E-state index is 0.0300. The van der Waals surface area contributed by atoms with E-state index in [9.17, 15) is 13.2 Å². The summed E-state index contributed by atoms with van der Waals surface area (Å²) in [6.07, 6.45) is -4.06. The highest BCUT2D eigenvalue weighted by atomic mass is 19.4. The zero-order valence-electron chi connectivity index (χ0n) is 6.19. The quantitative estimate of drug-likeness (QED) is 0.583. The van der Waals surface area contributed by atoms with Gasteiger partial charge >= 0.3 is 6.18 Å². The Bertz CT molecular complexity index is 132. The van der Waals surface area contributed by atoms with Gasteiger partial charge < -0.3 is 4.74 Å². The molecule has 1 atom stereocenters. The Balaban J connectivity index is 2.13. The predicted molar refractivity (Wildman–Crippen MR) is 33.3 cm³/mol. The van der Waals surface area contributed by atoms with E-state index in [1.165, 1.54) is 11.9 Å². The van der Waals surface area contributed by atoms with E-state index in [0.717, 1.165) is 0 Å². The Morgan fingerprint density at radius 1 is 1.55 bits per heavy atom. The molecule has 1 fully saturated rings. The van der Waals surface area contributed by atoms with Crippen LogP contribution in [0.2, 0.25) is 0 Å². The average molecular weight is 169 g/mol. The zero-order valence-corrected chi connectivity index (χ0v) is 6.19. The van der Waals surface area contributed by atoms with Gasteiger partial charge in [0, 0.05) is 6.54 Å². The van der Waals surface area contributed by atoms with Crippen molar-refractivity contribution in [3.8, 4) is 0 Å². The summed E-state index contributed by atoms with van der Waals surface area (Å²) in [7, 11) is 1.44. The van der Waals surface area contributed by atoms with Crippen LogP contribution in [0.25, 0.3) is 0 Å². The topological polar surface area (TPSA) is 15.8 Å². The molecule has 2 nitrogen and oxygen atoms in total. The zero-order chi connectivity index (χ0) is 8.48. The molecule has 0 N–H and O–H groups in total. The molecular weight excluding hydrogens is 159 g/mol. The largest absolute Gasteiger partial charge is 0.401 e. The molecule has 0 aromatic heterocycles. The van der Waals surface area contributed by atoms with Crippen molar-refractivity contribution >= 4 is 0 Å². The summed E-state index contributed by atoms with van der Waals surface area (Å²) < 4.78 is 39.9. The lowest BCUT2D eigenvalue weighted by molar-refractivity contribution is -0.143. The van der Waals surface area contributed by atoms with Gasteiger partial charge in [0.2, 0.25) is 0 Å². The van der Waals surface area contributed by atoms with Crippen molar-refractivity contribution in [3.05, 3.63) is 0 Å². The molecule has 0 saturated carbocycles. The maximum absolute atomic E-state index is 11.7. The first-order chi connectivity index (χ1) is 4.97. The Kier molecular flexibility index (Phi) is 2.39. The minimum atomic E-state index is -4.09. The molecular formula is C6H10F3NO. The van der Waals surface area contributed by atoms with Gasteiger partial charge in [-0.1, -0.05) is 0 Å². The van der Waals surface area contributed by atoms with Crippen molar-refractivity contribution < 1.29 is 17.9 Å². The summed E-state index contributed by atoms with van der Waals surface area (Å²) in [6.45, 7) is 0.120. The van der Waals surface area contributed by atoms with E-state index in [-0.39, 0.29) is 6.10 Å². The number of hydrogen-bond acceptors (Lipinski definition) is 2. The van der Waals surface area contributed by atoms with Gasteiger partial charge in [-0.05, 0) is 7.05 Å². The third-order valence-electron chi connectivity index (χ3n) is 1.37. The van der Waals surface area contributed by atoms with Crippen molar-refractivity contribution in [1.82, 2.24) is 4.90 Å². The summed E-state index contributed by atoms with van der Waals surface area (Å²) in [4.78, 5) is 1.22. The molecule has 1 rings (SSSR count). The van der Waals surface area contributed by atoms with Crippen LogP contribution in [0.3, 0.4) is 0 Å². The van der Waals surface area contributed by atoms with Gasteiger partial charge in [-0.25, -0.2) is 0 Å². The van der Waals surface area contributed by atoms with Crippen molar-refractivity contribution in [3.63, 3.8) is 0 Å². The molecule has 66 valence electrons. The molecule has 11 heavy (non-hydrogen) atoms.